The molecule has 2 rings (SSSR count). The van der Waals surface area contributed by atoms with Gasteiger partial charge < -0.3 is 10.1 Å². The summed E-state index contributed by atoms with van der Waals surface area (Å²) < 4.78 is 18.3. The average molecular weight is 209 g/mol. The van der Waals surface area contributed by atoms with Crippen LogP contribution in [0.25, 0.3) is 0 Å². The Morgan fingerprint density at radius 2 is 2.27 bits per heavy atom. The number of hydrogen-bond donors (Lipinski definition) is 1. The molecular weight excluding hydrogens is 197 g/mol. The van der Waals surface area contributed by atoms with Crippen molar-refractivity contribution in [3.8, 4) is 0 Å². The molecule has 0 aliphatic carbocycles. The molecule has 1 amide bonds. The molecule has 1 saturated heterocycles. The van der Waals surface area contributed by atoms with Gasteiger partial charge in [-0.3, -0.25) is 4.79 Å². The van der Waals surface area contributed by atoms with Crippen LogP contribution >= 0.6 is 0 Å². The van der Waals surface area contributed by atoms with Crippen molar-refractivity contribution < 1.29 is 13.9 Å². The fourth-order valence-corrected chi connectivity index (χ4v) is 1.39. The normalized spacial score (nSPS) is 15.9. The first kappa shape index (κ1) is 10.1. The van der Waals surface area contributed by atoms with E-state index in [0.29, 0.717) is 13.2 Å². The van der Waals surface area contributed by atoms with Crippen LogP contribution in [0.3, 0.4) is 0 Å². The number of benzene rings is 1. The standard InChI is InChI=1S/C11H12FNO2/c1-7-2-3-9(10(12)4-7)11(14)13-8-5-15-6-8/h2-4,8H,5-6H2,1H3,(H,13,14). The average Bonchev–Trinajstić information content (AvgIpc) is 2.11. The summed E-state index contributed by atoms with van der Waals surface area (Å²) in [6.07, 6.45) is 0. The number of hydrogen-bond acceptors (Lipinski definition) is 2. The lowest BCUT2D eigenvalue weighted by Crippen LogP contribution is -2.48. The number of carbonyl (C=O) groups is 1. The van der Waals surface area contributed by atoms with E-state index in [9.17, 15) is 9.18 Å². The summed E-state index contributed by atoms with van der Waals surface area (Å²) in [7, 11) is 0. The number of nitrogens with one attached hydrogen (secondary N) is 1. The lowest BCUT2D eigenvalue weighted by Gasteiger charge is -2.26. The summed E-state index contributed by atoms with van der Waals surface area (Å²) in [4.78, 5) is 11.6. The molecule has 0 radical (unpaired) electrons. The number of ether oxygens (including phenoxy) is 1. The highest BCUT2D eigenvalue weighted by molar-refractivity contribution is 5.94. The van der Waals surface area contributed by atoms with Crippen LogP contribution in [0.5, 0.6) is 0 Å². The number of aryl methyl sites for hydroxylation is 1. The van der Waals surface area contributed by atoms with Gasteiger partial charge in [0.15, 0.2) is 0 Å². The largest absolute Gasteiger partial charge is 0.377 e. The molecule has 4 heteroatoms. The summed E-state index contributed by atoms with van der Waals surface area (Å²) in [5.41, 5.74) is 0.892. The molecule has 1 heterocycles. The topological polar surface area (TPSA) is 38.3 Å². The Labute approximate surface area is 87.2 Å². The van der Waals surface area contributed by atoms with Crippen LogP contribution < -0.4 is 5.32 Å². The van der Waals surface area contributed by atoms with Gasteiger partial charge in [-0.15, -0.1) is 0 Å². The summed E-state index contributed by atoms with van der Waals surface area (Å²) >= 11 is 0. The zero-order valence-corrected chi connectivity index (χ0v) is 8.42. The SMILES string of the molecule is Cc1ccc(C(=O)NC2COC2)c(F)c1. The molecule has 0 unspecified atom stereocenters. The van der Waals surface area contributed by atoms with E-state index in [1.54, 1.807) is 13.0 Å². The number of halogens is 1. The minimum atomic E-state index is -0.479. The predicted octanol–water partition coefficient (Wildman–Crippen LogP) is 1.26. The van der Waals surface area contributed by atoms with Crippen molar-refractivity contribution in [2.75, 3.05) is 13.2 Å². The zero-order valence-electron chi connectivity index (χ0n) is 8.42. The second kappa shape index (κ2) is 3.98. The van der Waals surface area contributed by atoms with Crippen molar-refractivity contribution in [3.63, 3.8) is 0 Å². The Kier molecular flexibility index (Phi) is 2.68. The van der Waals surface area contributed by atoms with Crippen LogP contribution in [-0.2, 0) is 4.74 Å². The highest BCUT2D eigenvalue weighted by Gasteiger charge is 2.22. The van der Waals surface area contributed by atoms with Gasteiger partial charge in [-0.05, 0) is 24.6 Å². The number of carbonyl (C=O) groups excluding carboxylic acids is 1. The Balaban J connectivity index is 2.10. The van der Waals surface area contributed by atoms with Gasteiger partial charge in [0.05, 0.1) is 24.8 Å². The smallest absolute Gasteiger partial charge is 0.254 e. The maximum absolute atomic E-state index is 13.4. The maximum Gasteiger partial charge on any atom is 0.254 e. The summed E-state index contributed by atoms with van der Waals surface area (Å²) in [5, 5.41) is 2.69. The second-order valence-electron chi connectivity index (χ2n) is 3.69. The van der Waals surface area contributed by atoms with Crippen molar-refractivity contribution in [1.82, 2.24) is 5.32 Å². The van der Waals surface area contributed by atoms with Gasteiger partial charge in [0.2, 0.25) is 0 Å². The third kappa shape index (κ3) is 2.15. The monoisotopic (exact) mass is 209 g/mol. The Bertz CT molecular complexity index is 388. The van der Waals surface area contributed by atoms with E-state index in [1.165, 1.54) is 12.1 Å². The molecular formula is C11H12FNO2. The van der Waals surface area contributed by atoms with Crippen LogP contribution in [0, 0.1) is 12.7 Å². The first-order valence-corrected chi connectivity index (χ1v) is 4.81. The number of rotatable bonds is 2. The second-order valence-corrected chi connectivity index (χ2v) is 3.69. The van der Waals surface area contributed by atoms with E-state index in [-0.39, 0.29) is 17.5 Å². The summed E-state index contributed by atoms with van der Waals surface area (Å²) in [6, 6.07) is 4.60. The third-order valence-corrected chi connectivity index (χ3v) is 2.34. The van der Waals surface area contributed by atoms with Crippen molar-refractivity contribution in [3.05, 3.63) is 35.1 Å². The van der Waals surface area contributed by atoms with Crippen LogP contribution in [-0.4, -0.2) is 25.2 Å². The van der Waals surface area contributed by atoms with E-state index in [4.69, 9.17) is 4.74 Å². The first-order chi connectivity index (χ1) is 7.16. The molecule has 0 atom stereocenters. The van der Waals surface area contributed by atoms with Gasteiger partial charge in [0.25, 0.3) is 5.91 Å². The third-order valence-electron chi connectivity index (χ3n) is 2.34. The fraction of sp³-hybridized carbons (Fsp3) is 0.364. The van der Waals surface area contributed by atoms with E-state index < -0.39 is 5.82 Å². The number of amides is 1. The van der Waals surface area contributed by atoms with E-state index >= 15 is 0 Å². The molecule has 0 spiro atoms. The van der Waals surface area contributed by atoms with E-state index in [1.807, 2.05) is 0 Å². The van der Waals surface area contributed by atoms with Gasteiger partial charge >= 0.3 is 0 Å². The lowest BCUT2D eigenvalue weighted by molar-refractivity contribution is -0.00352. The highest BCUT2D eigenvalue weighted by atomic mass is 19.1. The zero-order chi connectivity index (χ0) is 10.8. The van der Waals surface area contributed by atoms with Crippen molar-refractivity contribution in [1.29, 1.82) is 0 Å². The molecule has 0 aromatic heterocycles. The maximum atomic E-state index is 13.4. The molecule has 3 nitrogen and oxygen atoms in total. The van der Waals surface area contributed by atoms with Crippen LogP contribution in [0.1, 0.15) is 15.9 Å². The molecule has 1 aliphatic rings. The molecule has 1 fully saturated rings. The Morgan fingerprint density at radius 1 is 1.53 bits per heavy atom. The van der Waals surface area contributed by atoms with Crippen LogP contribution in [0.15, 0.2) is 18.2 Å². The van der Waals surface area contributed by atoms with Gasteiger partial charge in [0, 0.05) is 0 Å². The van der Waals surface area contributed by atoms with Crippen molar-refractivity contribution >= 4 is 5.91 Å². The minimum Gasteiger partial charge on any atom is -0.377 e. The van der Waals surface area contributed by atoms with Gasteiger partial charge in [0.1, 0.15) is 5.82 Å². The minimum absolute atomic E-state index is 0.0261. The molecule has 0 saturated carbocycles. The van der Waals surface area contributed by atoms with Gasteiger partial charge in [-0.25, -0.2) is 4.39 Å². The van der Waals surface area contributed by atoms with Crippen molar-refractivity contribution in [2.24, 2.45) is 0 Å². The van der Waals surface area contributed by atoms with Crippen LogP contribution in [0.4, 0.5) is 4.39 Å². The molecule has 1 aromatic carbocycles. The summed E-state index contributed by atoms with van der Waals surface area (Å²) in [5.74, 6) is -0.853. The van der Waals surface area contributed by atoms with Gasteiger partial charge in [-0.1, -0.05) is 6.07 Å². The molecule has 80 valence electrons. The Morgan fingerprint density at radius 3 is 2.80 bits per heavy atom. The highest BCUT2D eigenvalue weighted by Crippen LogP contribution is 2.10. The predicted molar refractivity (Wildman–Crippen MR) is 53.2 cm³/mol. The van der Waals surface area contributed by atoms with E-state index in [2.05, 4.69) is 5.32 Å². The summed E-state index contributed by atoms with van der Waals surface area (Å²) in [6.45, 7) is 2.81. The van der Waals surface area contributed by atoms with E-state index in [0.717, 1.165) is 5.56 Å². The molecule has 1 N–H and O–H groups in total. The molecule has 1 aliphatic heterocycles. The molecule has 15 heavy (non-hydrogen) atoms. The Hall–Kier alpha value is -1.42. The fourth-order valence-electron chi connectivity index (χ4n) is 1.39. The van der Waals surface area contributed by atoms with Crippen molar-refractivity contribution in [2.45, 2.75) is 13.0 Å². The first-order valence-electron chi connectivity index (χ1n) is 4.81. The molecule has 1 aromatic rings. The van der Waals surface area contributed by atoms with Crippen LogP contribution in [0.2, 0.25) is 0 Å². The quantitative estimate of drug-likeness (QED) is 0.796. The van der Waals surface area contributed by atoms with Gasteiger partial charge in [-0.2, -0.15) is 0 Å². The lowest BCUT2D eigenvalue weighted by atomic mass is 10.1. The molecule has 0 bridgehead atoms.